The zero-order valence-corrected chi connectivity index (χ0v) is 69.6. The zero-order valence-electron chi connectivity index (χ0n) is 65.6. The van der Waals surface area contributed by atoms with Crippen molar-refractivity contribution < 1.29 is 0 Å². The van der Waals surface area contributed by atoms with Crippen LogP contribution in [0.5, 0.6) is 0 Å². The van der Waals surface area contributed by atoms with Crippen molar-refractivity contribution in [3.8, 4) is 23.0 Å². The molecule has 0 spiro atoms. The van der Waals surface area contributed by atoms with E-state index in [0.29, 0.717) is 29.0 Å². The SMILES string of the molecule is c1ccc(-c2nc(-n3c4ccc([Si](c5ccccc5)(c5ccccc5)c5ccccc5)cc4n4c5cc([Si](c6ccccc6)(c6ccccc6)c6ccccc6)ccc5nc34)cc(-n3c4ccc([Si](c5ccccc5)(c5ccccc5)c5ccccc5)cc4n4c5cc([Si](c6ccccc6)(c6ccccc6)c6ccccc6)ccc5nc34)n2)cc1. The van der Waals surface area contributed by atoms with Gasteiger partial charge >= 0.3 is 0 Å². The predicted octanol–water partition coefficient (Wildman–Crippen LogP) is 13.1. The minimum Gasteiger partial charge on any atom is -0.276 e. The first-order chi connectivity index (χ1) is 59.5. The second-order valence-electron chi connectivity index (χ2n) is 31.1. The molecule has 0 aliphatic rings. The highest BCUT2D eigenvalue weighted by molar-refractivity contribution is 7.22. The fourth-order valence-corrected chi connectivity index (χ4v) is 39.0. The lowest BCUT2D eigenvalue weighted by atomic mass is 10.2. The van der Waals surface area contributed by atoms with Crippen LogP contribution >= 0.6 is 0 Å². The monoisotopic (exact) mass is 1600 g/mol. The number of nitrogens with zero attached hydrogens (tertiary/aromatic N) is 8. The molecule has 0 saturated carbocycles. The highest BCUT2D eigenvalue weighted by Crippen LogP contribution is 2.35. The Morgan fingerprint density at radius 3 is 0.583 bits per heavy atom. The van der Waals surface area contributed by atoms with E-state index in [9.17, 15) is 0 Å². The van der Waals surface area contributed by atoms with E-state index in [1.54, 1.807) is 0 Å². The molecule has 566 valence electrons. The summed E-state index contributed by atoms with van der Waals surface area (Å²) in [5.41, 5.74) is 8.43. The first kappa shape index (κ1) is 71.7. The Hall–Kier alpha value is -14.8. The van der Waals surface area contributed by atoms with Gasteiger partial charge in [-0.15, -0.1) is 0 Å². The van der Waals surface area contributed by atoms with Crippen LogP contribution in [0.25, 0.3) is 78.7 Å². The Kier molecular flexibility index (Phi) is 17.8. The number of imidazole rings is 4. The summed E-state index contributed by atoms with van der Waals surface area (Å²) in [5.74, 6) is 3.27. The van der Waals surface area contributed by atoms with Crippen LogP contribution in [0, 0.1) is 0 Å². The van der Waals surface area contributed by atoms with E-state index in [0.717, 1.165) is 49.7 Å². The van der Waals surface area contributed by atoms with Crippen LogP contribution in [0.3, 0.4) is 0 Å². The summed E-state index contributed by atoms with van der Waals surface area (Å²) in [6.45, 7) is 0. The van der Waals surface area contributed by atoms with E-state index in [1.165, 1.54) is 83.0 Å². The zero-order chi connectivity index (χ0) is 79.6. The van der Waals surface area contributed by atoms with Crippen molar-refractivity contribution in [3.63, 3.8) is 0 Å². The average molecular weight is 1600 g/mol. The molecule has 17 aromatic carbocycles. The number of fused-ring (bicyclic) bond motifs is 10. The van der Waals surface area contributed by atoms with Gasteiger partial charge in [-0.1, -0.05) is 419 Å². The molecule has 12 heteroatoms. The van der Waals surface area contributed by atoms with Gasteiger partial charge < -0.3 is 0 Å². The minimum atomic E-state index is -3.17. The van der Waals surface area contributed by atoms with Gasteiger partial charge in [-0.3, -0.25) is 17.9 Å². The maximum absolute atomic E-state index is 5.94. The van der Waals surface area contributed by atoms with Gasteiger partial charge in [0.2, 0.25) is 11.6 Å². The van der Waals surface area contributed by atoms with Crippen LogP contribution in [0.1, 0.15) is 0 Å². The molecule has 0 aliphatic carbocycles. The molecule has 0 N–H and O–H groups in total. The van der Waals surface area contributed by atoms with E-state index in [-0.39, 0.29) is 0 Å². The van der Waals surface area contributed by atoms with E-state index < -0.39 is 32.3 Å². The van der Waals surface area contributed by atoms with Crippen LogP contribution < -0.4 is 83.0 Å². The van der Waals surface area contributed by atoms with Gasteiger partial charge in [0.15, 0.2) is 38.1 Å². The lowest BCUT2D eigenvalue weighted by molar-refractivity contribution is 0.970. The standard InChI is InChI=1S/C108H78N8Si4/c1-14-40-79(41-15-1)106-111-104(115-98-72-68-94(119(86-54-28-8-29-55-86,87-56-30-9-31-57-87)88-58-32-10-33-59-88)76-102(98)113-100-74-92(66-70-96(100)109-107(113)115)117(80-42-16-2-17-43-80,81-44-18-3-19-45-81)82-46-20-4-21-47-82)78-105(112-106)116-99-73-69-95(120(89-60-34-11-35-61-89,90-62-36-12-37-63-90)91-64-38-13-39-65-91)77-103(99)114-101-75-93(67-71-97(101)110-108(114)116)118(83-48-22-5-23-49-83,84-50-24-6-25-51-84)85-52-26-7-27-53-85/h1-78H. The van der Waals surface area contributed by atoms with Gasteiger partial charge in [-0.25, -0.2) is 19.9 Å². The molecule has 5 heterocycles. The van der Waals surface area contributed by atoms with Crippen LogP contribution in [-0.2, 0) is 0 Å². The Balaban J connectivity index is 0.864. The Morgan fingerprint density at radius 2 is 0.358 bits per heavy atom. The molecule has 8 nitrogen and oxygen atoms in total. The largest absolute Gasteiger partial charge is 0.276 e. The van der Waals surface area contributed by atoms with Gasteiger partial charge in [0.25, 0.3) is 0 Å². The first-order valence-electron chi connectivity index (χ1n) is 41.1. The number of benzene rings is 17. The number of rotatable bonds is 19. The van der Waals surface area contributed by atoms with Gasteiger partial charge in [-0.2, -0.15) is 0 Å². The minimum absolute atomic E-state index is 0.550. The summed E-state index contributed by atoms with van der Waals surface area (Å²) in [6, 6.07) is 176. The number of hydrogen-bond donors (Lipinski definition) is 0. The smallest absolute Gasteiger partial charge is 0.221 e. The molecule has 0 aliphatic heterocycles. The van der Waals surface area contributed by atoms with Gasteiger partial charge in [0, 0.05) is 11.6 Å². The normalized spacial score (nSPS) is 12.2. The molecule has 0 fully saturated rings. The number of hydrogen-bond acceptors (Lipinski definition) is 4. The van der Waals surface area contributed by atoms with E-state index in [4.69, 9.17) is 19.9 Å². The lowest BCUT2D eigenvalue weighted by Gasteiger charge is -2.34. The molecule has 0 bridgehead atoms. The van der Waals surface area contributed by atoms with Gasteiger partial charge in [-0.05, 0) is 132 Å². The third kappa shape index (κ3) is 11.3. The van der Waals surface area contributed by atoms with E-state index in [2.05, 4.69) is 491 Å². The summed E-state index contributed by atoms with van der Waals surface area (Å²) >= 11 is 0. The predicted molar refractivity (Wildman–Crippen MR) is 508 cm³/mol. The summed E-state index contributed by atoms with van der Waals surface area (Å²) in [5, 5.41) is 20.4. The van der Waals surface area contributed by atoms with Crippen molar-refractivity contribution in [1.29, 1.82) is 0 Å². The Morgan fingerprint density at radius 1 is 0.158 bits per heavy atom. The average Bonchev–Trinajstić information content (AvgIpc) is 1.47. The number of aromatic nitrogens is 8. The molecule has 22 rings (SSSR count). The molecule has 5 aromatic heterocycles. The molecule has 0 unspecified atom stereocenters. The summed E-state index contributed by atoms with van der Waals surface area (Å²) in [7, 11) is -12.6. The van der Waals surface area contributed by atoms with Crippen molar-refractivity contribution in [2.24, 2.45) is 0 Å². The van der Waals surface area contributed by atoms with Gasteiger partial charge in [0.1, 0.15) is 11.6 Å². The molecule has 0 radical (unpaired) electrons. The summed E-state index contributed by atoms with van der Waals surface area (Å²) in [6.07, 6.45) is 0. The van der Waals surface area contributed by atoms with E-state index in [1.807, 2.05) is 0 Å². The Labute approximate surface area is 699 Å². The van der Waals surface area contributed by atoms with Crippen molar-refractivity contribution in [2.45, 2.75) is 0 Å². The molecule has 0 saturated heterocycles. The third-order valence-electron chi connectivity index (χ3n) is 25.0. The van der Waals surface area contributed by atoms with Crippen LogP contribution in [0.15, 0.2) is 473 Å². The van der Waals surface area contributed by atoms with Crippen LogP contribution in [0.2, 0.25) is 0 Å². The molecule has 0 amide bonds. The highest BCUT2D eigenvalue weighted by Gasteiger charge is 2.47. The maximum atomic E-state index is 5.94. The van der Waals surface area contributed by atoms with E-state index >= 15 is 0 Å². The summed E-state index contributed by atoms with van der Waals surface area (Å²) in [4.78, 5) is 23.6. The van der Waals surface area contributed by atoms with Gasteiger partial charge in [0.05, 0.1) is 44.1 Å². The summed E-state index contributed by atoms with van der Waals surface area (Å²) < 4.78 is 9.49. The fraction of sp³-hybridized carbons (Fsp3) is 0. The Bertz CT molecular complexity index is 6670. The quantitative estimate of drug-likeness (QED) is 0.0597. The molecule has 120 heavy (non-hydrogen) atoms. The second kappa shape index (κ2) is 29.7. The highest BCUT2D eigenvalue weighted by atomic mass is 28.3. The molecule has 0 atom stereocenters. The van der Waals surface area contributed by atoms with Crippen LogP contribution in [-0.4, -0.2) is 70.2 Å². The molecule has 22 aromatic rings. The van der Waals surface area contributed by atoms with Crippen LogP contribution in [0.4, 0.5) is 0 Å². The first-order valence-corrected chi connectivity index (χ1v) is 49.1. The lowest BCUT2D eigenvalue weighted by Crippen LogP contribution is -2.74. The van der Waals surface area contributed by atoms with Crippen molar-refractivity contribution in [2.75, 3.05) is 0 Å². The molecular formula is C108H78N8Si4. The fourth-order valence-electron chi connectivity index (χ4n) is 19.9. The van der Waals surface area contributed by atoms with Crippen molar-refractivity contribution in [1.82, 2.24) is 37.9 Å². The third-order valence-corrected chi connectivity index (χ3v) is 44.1. The second-order valence-corrected chi connectivity index (χ2v) is 46.4. The maximum Gasteiger partial charge on any atom is 0.221 e. The van der Waals surface area contributed by atoms with Crippen molar-refractivity contribution in [3.05, 3.63) is 473 Å². The topological polar surface area (TPSA) is 70.2 Å². The molecular weight excluding hydrogens is 1520 g/mol. The van der Waals surface area contributed by atoms with Crippen molar-refractivity contribution >= 4 is 171 Å².